The molecule has 2 nitrogen and oxygen atoms in total. The molecule has 3 heteroatoms. The highest BCUT2D eigenvalue weighted by atomic mass is 19.1. The minimum atomic E-state index is -0.876. The molecular formula is C13H17FO2. The smallest absolute Gasteiger partial charge is 0.311 e. The lowest BCUT2D eigenvalue weighted by Gasteiger charge is -2.21. The van der Waals surface area contributed by atoms with Gasteiger partial charge in [-0.2, -0.15) is 0 Å². The van der Waals surface area contributed by atoms with E-state index in [9.17, 15) is 14.3 Å². The zero-order valence-corrected chi connectivity index (χ0v) is 9.61. The minimum Gasteiger partial charge on any atom is -0.481 e. The average molecular weight is 224 g/mol. The molecule has 1 aromatic rings. The van der Waals surface area contributed by atoms with Crippen LogP contribution in [0.4, 0.5) is 4.39 Å². The third-order valence-electron chi connectivity index (χ3n) is 2.99. The van der Waals surface area contributed by atoms with Crippen LogP contribution in [-0.2, 0) is 4.79 Å². The molecule has 1 aromatic carbocycles. The summed E-state index contributed by atoms with van der Waals surface area (Å²) in [5.41, 5.74) is 0.557. The summed E-state index contributed by atoms with van der Waals surface area (Å²) in [6, 6.07) is 5.88. The number of benzene rings is 1. The zero-order valence-electron chi connectivity index (χ0n) is 9.61. The Morgan fingerprint density at radius 2 is 2.00 bits per heavy atom. The Bertz CT molecular complexity index is 359. The van der Waals surface area contributed by atoms with Crippen molar-refractivity contribution in [1.82, 2.24) is 0 Å². The molecule has 1 atom stereocenters. The van der Waals surface area contributed by atoms with Gasteiger partial charge in [0.1, 0.15) is 5.82 Å². The van der Waals surface area contributed by atoms with E-state index < -0.39 is 11.9 Å². The van der Waals surface area contributed by atoms with E-state index in [1.807, 2.05) is 13.8 Å². The van der Waals surface area contributed by atoms with Crippen molar-refractivity contribution in [3.05, 3.63) is 35.6 Å². The predicted octanol–water partition coefficient (Wildman–Crippen LogP) is 3.43. The second-order valence-corrected chi connectivity index (χ2v) is 3.95. The van der Waals surface area contributed by atoms with E-state index in [1.165, 1.54) is 12.1 Å². The van der Waals surface area contributed by atoms with Crippen LogP contribution in [0, 0.1) is 11.7 Å². The molecule has 0 spiro atoms. The first-order valence-corrected chi connectivity index (χ1v) is 5.58. The van der Waals surface area contributed by atoms with Gasteiger partial charge in [-0.15, -0.1) is 0 Å². The zero-order chi connectivity index (χ0) is 12.1. The SMILES string of the molecule is CCC(CC)C(C(=O)O)c1cccc(F)c1. The number of aliphatic carboxylic acids is 1. The van der Waals surface area contributed by atoms with Gasteiger partial charge in [-0.25, -0.2) is 4.39 Å². The second kappa shape index (κ2) is 5.64. The summed E-state index contributed by atoms with van der Waals surface area (Å²) in [5, 5.41) is 9.23. The molecule has 0 amide bonds. The maximum Gasteiger partial charge on any atom is 0.311 e. The van der Waals surface area contributed by atoms with Gasteiger partial charge in [-0.3, -0.25) is 4.79 Å². The van der Waals surface area contributed by atoms with Crippen molar-refractivity contribution in [2.45, 2.75) is 32.6 Å². The van der Waals surface area contributed by atoms with E-state index in [0.717, 1.165) is 12.8 Å². The maximum atomic E-state index is 13.1. The first-order chi connectivity index (χ1) is 7.60. The molecule has 1 N–H and O–H groups in total. The van der Waals surface area contributed by atoms with E-state index in [4.69, 9.17) is 0 Å². The van der Waals surface area contributed by atoms with Crippen LogP contribution in [0.2, 0.25) is 0 Å². The van der Waals surface area contributed by atoms with Crippen molar-refractivity contribution in [3.63, 3.8) is 0 Å². The number of hydrogen-bond donors (Lipinski definition) is 1. The first kappa shape index (κ1) is 12.7. The highest BCUT2D eigenvalue weighted by Gasteiger charge is 2.27. The summed E-state index contributed by atoms with van der Waals surface area (Å²) in [6.45, 7) is 3.92. The third-order valence-corrected chi connectivity index (χ3v) is 2.99. The summed E-state index contributed by atoms with van der Waals surface area (Å²) < 4.78 is 13.1. The van der Waals surface area contributed by atoms with Gasteiger partial charge in [0.25, 0.3) is 0 Å². The summed E-state index contributed by atoms with van der Waals surface area (Å²) in [7, 11) is 0. The normalized spacial score (nSPS) is 12.8. The molecule has 1 rings (SSSR count). The molecule has 1 unspecified atom stereocenters. The van der Waals surface area contributed by atoms with E-state index in [0.29, 0.717) is 5.56 Å². The monoisotopic (exact) mass is 224 g/mol. The van der Waals surface area contributed by atoms with Gasteiger partial charge in [0.2, 0.25) is 0 Å². The van der Waals surface area contributed by atoms with Crippen molar-refractivity contribution in [3.8, 4) is 0 Å². The largest absolute Gasteiger partial charge is 0.481 e. The number of hydrogen-bond acceptors (Lipinski definition) is 1. The summed E-state index contributed by atoms with van der Waals surface area (Å²) >= 11 is 0. The Hall–Kier alpha value is -1.38. The predicted molar refractivity (Wildman–Crippen MR) is 60.8 cm³/mol. The standard InChI is InChI=1S/C13H17FO2/c1-3-9(4-2)12(13(15)16)10-6-5-7-11(14)8-10/h5-9,12H,3-4H2,1-2H3,(H,15,16). The Morgan fingerprint density at radius 1 is 1.38 bits per heavy atom. The van der Waals surface area contributed by atoms with Gasteiger partial charge >= 0.3 is 5.97 Å². The van der Waals surface area contributed by atoms with Crippen molar-refractivity contribution in [2.75, 3.05) is 0 Å². The highest BCUT2D eigenvalue weighted by molar-refractivity contribution is 5.76. The number of carbonyl (C=O) groups is 1. The molecule has 0 fully saturated rings. The summed E-state index contributed by atoms with van der Waals surface area (Å²) in [6.07, 6.45) is 1.56. The Balaban J connectivity index is 3.06. The lowest BCUT2D eigenvalue weighted by Crippen LogP contribution is -2.20. The third kappa shape index (κ3) is 2.81. The Morgan fingerprint density at radius 3 is 2.44 bits per heavy atom. The highest BCUT2D eigenvalue weighted by Crippen LogP contribution is 2.30. The fourth-order valence-electron chi connectivity index (χ4n) is 2.08. The van der Waals surface area contributed by atoms with Crippen molar-refractivity contribution in [2.24, 2.45) is 5.92 Å². The second-order valence-electron chi connectivity index (χ2n) is 3.95. The first-order valence-electron chi connectivity index (χ1n) is 5.58. The van der Waals surface area contributed by atoms with Gasteiger partial charge in [0.15, 0.2) is 0 Å². The van der Waals surface area contributed by atoms with Crippen LogP contribution in [0.15, 0.2) is 24.3 Å². The minimum absolute atomic E-state index is 0.0549. The number of carboxylic acid groups (broad SMARTS) is 1. The molecule has 0 aliphatic heterocycles. The molecule has 0 aliphatic rings. The average Bonchev–Trinajstić information content (AvgIpc) is 2.24. The molecule has 0 aliphatic carbocycles. The van der Waals surface area contributed by atoms with Gasteiger partial charge in [0, 0.05) is 0 Å². The number of rotatable bonds is 5. The Kier molecular flexibility index (Phi) is 4.47. The number of halogens is 1. The van der Waals surface area contributed by atoms with E-state index in [1.54, 1.807) is 12.1 Å². The van der Waals surface area contributed by atoms with E-state index >= 15 is 0 Å². The topological polar surface area (TPSA) is 37.3 Å². The fourth-order valence-corrected chi connectivity index (χ4v) is 2.08. The van der Waals surface area contributed by atoms with E-state index in [-0.39, 0.29) is 11.7 Å². The molecule has 0 bridgehead atoms. The molecule has 16 heavy (non-hydrogen) atoms. The quantitative estimate of drug-likeness (QED) is 0.832. The van der Waals surface area contributed by atoms with Crippen molar-refractivity contribution >= 4 is 5.97 Å². The number of carboxylic acids is 1. The lowest BCUT2D eigenvalue weighted by molar-refractivity contribution is -0.140. The van der Waals surface area contributed by atoms with Crippen LogP contribution in [0.3, 0.4) is 0 Å². The molecule has 0 heterocycles. The van der Waals surface area contributed by atoms with Crippen LogP contribution in [0.25, 0.3) is 0 Å². The molecule has 0 aromatic heterocycles. The van der Waals surface area contributed by atoms with E-state index in [2.05, 4.69) is 0 Å². The molecular weight excluding hydrogens is 207 g/mol. The van der Waals surface area contributed by atoms with Crippen LogP contribution < -0.4 is 0 Å². The summed E-state index contributed by atoms with van der Waals surface area (Å²) in [4.78, 5) is 11.2. The maximum absolute atomic E-state index is 13.1. The molecule has 0 radical (unpaired) electrons. The molecule has 0 saturated carbocycles. The molecule has 88 valence electrons. The van der Waals surface area contributed by atoms with Crippen molar-refractivity contribution in [1.29, 1.82) is 0 Å². The molecule has 0 saturated heterocycles. The van der Waals surface area contributed by atoms with Gasteiger partial charge < -0.3 is 5.11 Å². The lowest BCUT2D eigenvalue weighted by atomic mass is 9.83. The van der Waals surface area contributed by atoms with Crippen molar-refractivity contribution < 1.29 is 14.3 Å². The fraction of sp³-hybridized carbons (Fsp3) is 0.462. The van der Waals surface area contributed by atoms with Gasteiger partial charge in [-0.1, -0.05) is 38.8 Å². The van der Waals surface area contributed by atoms with Crippen LogP contribution in [-0.4, -0.2) is 11.1 Å². The van der Waals surface area contributed by atoms with Crippen LogP contribution in [0.5, 0.6) is 0 Å². The van der Waals surface area contributed by atoms with Gasteiger partial charge in [-0.05, 0) is 23.6 Å². The summed E-state index contributed by atoms with van der Waals surface area (Å²) in [5.74, 6) is -1.81. The van der Waals surface area contributed by atoms with Crippen LogP contribution >= 0.6 is 0 Å². The Labute approximate surface area is 95.1 Å². The van der Waals surface area contributed by atoms with Gasteiger partial charge in [0.05, 0.1) is 5.92 Å². The van der Waals surface area contributed by atoms with Crippen LogP contribution in [0.1, 0.15) is 38.2 Å².